The van der Waals surface area contributed by atoms with Crippen LogP contribution in [0.4, 0.5) is 5.69 Å². The minimum atomic E-state index is -0.572. The van der Waals surface area contributed by atoms with E-state index in [0.717, 1.165) is 6.42 Å². The van der Waals surface area contributed by atoms with Gasteiger partial charge in [0.15, 0.2) is 0 Å². The maximum Gasteiger partial charge on any atom is 0.250 e. The monoisotopic (exact) mass is 221 g/mol. The fourth-order valence-electron chi connectivity index (χ4n) is 1.30. The number of hydrogen-bond acceptors (Lipinski definition) is 3. The lowest BCUT2D eigenvalue weighted by molar-refractivity contribution is -0.116. The molecular weight excluding hydrogens is 206 g/mol. The second-order valence-electron chi connectivity index (χ2n) is 3.53. The topological polar surface area (TPSA) is 85.1 Å². The van der Waals surface area contributed by atoms with E-state index in [-0.39, 0.29) is 11.5 Å². The minimum absolute atomic E-state index is 0.143. The molecule has 0 saturated heterocycles. The summed E-state index contributed by atoms with van der Waals surface area (Å²) in [6.07, 6.45) is 2.60. The summed E-state index contributed by atoms with van der Waals surface area (Å²) in [5, 5.41) is 2.62. The number of rotatable bonds is 4. The van der Waals surface area contributed by atoms with Crippen LogP contribution in [0.25, 0.3) is 0 Å². The highest BCUT2D eigenvalue weighted by Gasteiger charge is 2.11. The van der Waals surface area contributed by atoms with Gasteiger partial charge in [-0.25, -0.2) is 0 Å². The standard InChI is InChI=1S/C11H15N3O2/c1-3-4-10(15)14-9-6-13-7(2)5-8(9)11(12)16/h5-6H,3-4H2,1-2H3,(H2,12,16)(H,14,15). The van der Waals surface area contributed by atoms with E-state index < -0.39 is 5.91 Å². The Morgan fingerprint density at radius 2 is 2.19 bits per heavy atom. The summed E-state index contributed by atoms with van der Waals surface area (Å²) in [6, 6.07) is 1.56. The number of amides is 2. The van der Waals surface area contributed by atoms with Gasteiger partial charge in [-0.1, -0.05) is 6.92 Å². The molecule has 16 heavy (non-hydrogen) atoms. The number of pyridine rings is 1. The van der Waals surface area contributed by atoms with E-state index in [1.807, 2.05) is 6.92 Å². The molecule has 5 heteroatoms. The average Bonchev–Trinajstić information content (AvgIpc) is 2.20. The molecule has 0 atom stereocenters. The van der Waals surface area contributed by atoms with Gasteiger partial charge in [-0.2, -0.15) is 0 Å². The van der Waals surface area contributed by atoms with Crippen molar-refractivity contribution in [1.82, 2.24) is 4.98 Å². The zero-order valence-electron chi connectivity index (χ0n) is 9.41. The maximum absolute atomic E-state index is 11.4. The summed E-state index contributed by atoms with van der Waals surface area (Å²) < 4.78 is 0. The summed E-state index contributed by atoms with van der Waals surface area (Å²) in [5.41, 5.74) is 6.56. The SMILES string of the molecule is CCCC(=O)Nc1cnc(C)cc1C(N)=O. The molecule has 0 saturated carbocycles. The Hall–Kier alpha value is -1.91. The molecule has 0 aromatic carbocycles. The molecule has 3 N–H and O–H groups in total. The van der Waals surface area contributed by atoms with Crippen molar-refractivity contribution in [3.05, 3.63) is 23.5 Å². The molecule has 1 rings (SSSR count). The molecule has 2 amide bonds. The van der Waals surface area contributed by atoms with E-state index in [9.17, 15) is 9.59 Å². The van der Waals surface area contributed by atoms with Crippen LogP contribution in [0.2, 0.25) is 0 Å². The molecule has 1 aromatic heterocycles. The number of primary amides is 1. The third-order valence-electron chi connectivity index (χ3n) is 2.06. The lowest BCUT2D eigenvalue weighted by Gasteiger charge is -2.08. The van der Waals surface area contributed by atoms with Crippen molar-refractivity contribution in [3.8, 4) is 0 Å². The Bertz CT molecular complexity index is 416. The Labute approximate surface area is 94.1 Å². The third kappa shape index (κ3) is 3.05. The summed E-state index contributed by atoms with van der Waals surface area (Å²) in [6.45, 7) is 3.66. The summed E-state index contributed by atoms with van der Waals surface area (Å²) >= 11 is 0. The number of aryl methyl sites for hydroxylation is 1. The molecule has 5 nitrogen and oxygen atoms in total. The number of anilines is 1. The Balaban J connectivity index is 2.95. The predicted octanol–water partition coefficient (Wildman–Crippen LogP) is 1.23. The smallest absolute Gasteiger partial charge is 0.250 e. The number of nitrogens with two attached hydrogens (primary N) is 1. The van der Waals surface area contributed by atoms with Gasteiger partial charge in [-0.05, 0) is 19.4 Å². The van der Waals surface area contributed by atoms with Crippen LogP contribution < -0.4 is 11.1 Å². The van der Waals surface area contributed by atoms with Gasteiger partial charge in [-0.3, -0.25) is 14.6 Å². The lowest BCUT2D eigenvalue weighted by atomic mass is 10.2. The molecule has 0 aliphatic carbocycles. The molecule has 0 aliphatic rings. The average molecular weight is 221 g/mol. The zero-order valence-corrected chi connectivity index (χ0v) is 9.41. The molecule has 1 aromatic rings. The maximum atomic E-state index is 11.4. The third-order valence-corrected chi connectivity index (χ3v) is 2.06. The largest absolute Gasteiger partial charge is 0.366 e. The zero-order chi connectivity index (χ0) is 12.1. The summed E-state index contributed by atoms with van der Waals surface area (Å²) in [4.78, 5) is 26.6. The fraction of sp³-hybridized carbons (Fsp3) is 0.364. The number of carbonyl (C=O) groups excluding carboxylic acids is 2. The molecule has 0 fully saturated rings. The van der Waals surface area contributed by atoms with Crippen molar-refractivity contribution in [2.45, 2.75) is 26.7 Å². The van der Waals surface area contributed by atoms with Gasteiger partial charge in [0, 0.05) is 12.1 Å². The summed E-state index contributed by atoms with van der Waals surface area (Å²) in [5.74, 6) is -0.715. The lowest BCUT2D eigenvalue weighted by Crippen LogP contribution is -2.18. The van der Waals surface area contributed by atoms with Crippen molar-refractivity contribution in [2.75, 3.05) is 5.32 Å². The van der Waals surface area contributed by atoms with Crippen LogP contribution in [-0.4, -0.2) is 16.8 Å². The van der Waals surface area contributed by atoms with Gasteiger partial charge in [0.25, 0.3) is 5.91 Å². The Morgan fingerprint density at radius 1 is 1.50 bits per heavy atom. The van der Waals surface area contributed by atoms with E-state index in [2.05, 4.69) is 10.3 Å². The van der Waals surface area contributed by atoms with Crippen LogP contribution in [0, 0.1) is 6.92 Å². The molecular formula is C11H15N3O2. The van der Waals surface area contributed by atoms with Crippen molar-refractivity contribution in [2.24, 2.45) is 5.73 Å². The first-order valence-electron chi connectivity index (χ1n) is 5.11. The normalized spacial score (nSPS) is 9.88. The van der Waals surface area contributed by atoms with E-state index >= 15 is 0 Å². The van der Waals surface area contributed by atoms with Crippen LogP contribution in [0.1, 0.15) is 35.8 Å². The predicted molar refractivity (Wildman–Crippen MR) is 61.0 cm³/mol. The quantitative estimate of drug-likeness (QED) is 0.801. The second-order valence-corrected chi connectivity index (χ2v) is 3.53. The van der Waals surface area contributed by atoms with E-state index in [4.69, 9.17) is 5.73 Å². The second kappa shape index (κ2) is 5.25. The van der Waals surface area contributed by atoms with Gasteiger partial charge in [-0.15, -0.1) is 0 Å². The Morgan fingerprint density at radius 3 is 2.75 bits per heavy atom. The highest BCUT2D eigenvalue weighted by molar-refractivity contribution is 6.02. The molecule has 0 radical (unpaired) electrons. The molecule has 0 spiro atoms. The number of aromatic nitrogens is 1. The molecule has 86 valence electrons. The van der Waals surface area contributed by atoms with Crippen LogP contribution in [0.3, 0.4) is 0 Å². The molecule has 0 bridgehead atoms. The number of hydrogen-bond donors (Lipinski definition) is 2. The fourth-order valence-corrected chi connectivity index (χ4v) is 1.30. The van der Waals surface area contributed by atoms with E-state index in [1.165, 1.54) is 6.20 Å². The molecule has 1 heterocycles. The van der Waals surface area contributed by atoms with Gasteiger partial charge in [0.05, 0.1) is 17.4 Å². The van der Waals surface area contributed by atoms with Crippen LogP contribution in [0.5, 0.6) is 0 Å². The number of carbonyl (C=O) groups is 2. The highest BCUT2D eigenvalue weighted by Crippen LogP contribution is 2.15. The molecule has 0 unspecified atom stereocenters. The van der Waals surface area contributed by atoms with Gasteiger partial charge < -0.3 is 11.1 Å². The van der Waals surface area contributed by atoms with Crippen molar-refractivity contribution < 1.29 is 9.59 Å². The highest BCUT2D eigenvalue weighted by atomic mass is 16.2. The minimum Gasteiger partial charge on any atom is -0.366 e. The van der Waals surface area contributed by atoms with Crippen LogP contribution in [0.15, 0.2) is 12.3 Å². The van der Waals surface area contributed by atoms with Gasteiger partial charge >= 0.3 is 0 Å². The first-order chi connectivity index (χ1) is 7.54. The first-order valence-corrected chi connectivity index (χ1v) is 5.11. The van der Waals surface area contributed by atoms with Gasteiger partial charge in [0.2, 0.25) is 5.91 Å². The number of nitrogens with zero attached hydrogens (tertiary/aromatic N) is 1. The summed E-state index contributed by atoms with van der Waals surface area (Å²) in [7, 11) is 0. The van der Waals surface area contributed by atoms with Crippen molar-refractivity contribution in [1.29, 1.82) is 0 Å². The van der Waals surface area contributed by atoms with E-state index in [0.29, 0.717) is 17.8 Å². The van der Waals surface area contributed by atoms with Crippen LogP contribution in [-0.2, 0) is 4.79 Å². The Kier molecular flexibility index (Phi) is 3.99. The van der Waals surface area contributed by atoms with Crippen molar-refractivity contribution >= 4 is 17.5 Å². The van der Waals surface area contributed by atoms with Gasteiger partial charge in [0.1, 0.15) is 0 Å². The van der Waals surface area contributed by atoms with Crippen LogP contribution >= 0.6 is 0 Å². The van der Waals surface area contributed by atoms with E-state index in [1.54, 1.807) is 13.0 Å². The van der Waals surface area contributed by atoms with Crippen molar-refractivity contribution in [3.63, 3.8) is 0 Å². The molecule has 0 aliphatic heterocycles. The first kappa shape index (κ1) is 12.2. The number of nitrogens with one attached hydrogen (secondary N) is 1.